The van der Waals surface area contributed by atoms with E-state index in [2.05, 4.69) is 81.9 Å². The van der Waals surface area contributed by atoms with E-state index in [1.54, 1.807) is 9.80 Å². The van der Waals surface area contributed by atoms with Gasteiger partial charge in [-0.1, -0.05) is 84.9 Å². The van der Waals surface area contributed by atoms with E-state index in [0.717, 1.165) is 86.6 Å². The first-order chi connectivity index (χ1) is 47.8. The first kappa shape index (κ1) is 72.1. The Hall–Kier alpha value is -9.13. The Morgan fingerprint density at radius 3 is 1.43 bits per heavy atom. The third-order valence-corrected chi connectivity index (χ3v) is 17.8. The Morgan fingerprint density at radius 2 is 0.980 bits per heavy atom. The number of pyridine rings is 2. The van der Waals surface area contributed by atoms with E-state index in [1.165, 1.54) is 0 Å². The molecule has 9 heterocycles. The quantitative estimate of drug-likeness (QED) is 0.0763. The van der Waals surface area contributed by atoms with Gasteiger partial charge in [-0.2, -0.15) is 9.97 Å². The van der Waals surface area contributed by atoms with Crippen LogP contribution in [0.25, 0.3) is 11.4 Å². The van der Waals surface area contributed by atoms with Crippen LogP contribution in [0, 0.1) is 0 Å². The second kappa shape index (κ2) is 31.6. The molecule has 3 saturated heterocycles. The van der Waals surface area contributed by atoms with Crippen LogP contribution in [0.5, 0.6) is 11.8 Å². The molecule has 4 aromatic heterocycles. The van der Waals surface area contributed by atoms with E-state index < -0.39 is 11.2 Å². The molecule has 2 N–H and O–H groups in total. The van der Waals surface area contributed by atoms with Crippen LogP contribution in [0.2, 0.25) is 5.28 Å². The van der Waals surface area contributed by atoms with E-state index in [9.17, 15) is 9.59 Å². The summed E-state index contributed by atoms with van der Waals surface area (Å²) >= 11 is 6.17. The molecule has 0 bridgehead atoms. The molecule has 5 aliphatic rings. The van der Waals surface area contributed by atoms with Crippen LogP contribution in [0.3, 0.4) is 0 Å². The van der Waals surface area contributed by atoms with Crippen LogP contribution in [-0.4, -0.2) is 146 Å². The molecule has 0 saturated carbocycles. The summed E-state index contributed by atoms with van der Waals surface area (Å²) in [5.41, 5.74) is 7.90. The lowest BCUT2D eigenvalue weighted by atomic mass is 9.79. The second-order valence-corrected chi connectivity index (χ2v) is 28.7. The summed E-state index contributed by atoms with van der Waals surface area (Å²) in [6, 6.07) is 47.8. The van der Waals surface area contributed by atoms with Gasteiger partial charge < -0.3 is 68.0 Å². The van der Waals surface area contributed by atoms with Gasteiger partial charge in [0, 0.05) is 66.4 Å². The number of nitrogens with one attached hydrogen (secondary N) is 2. The predicted octanol–water partition coefficient (Wildman–Crippen LogP) is 13.7. The normalized spacial score (nSPS) is 17.8. The molecule has 24 heteroatoms. The zero-order valence-electron chi connectivity index (χ0n) is 59.4. The highest BCUT2D eigenvalue weighted by Gasteiger charge is 2.51. The fraction of sp³-hybridized carbons (Fsp3) is 0.421. The minimum Gasteiger partial charge on any atom is -0.473 e. The molecule has 100 heavy (non-hydrogen) atoms. The van der Waals surface area contributed by atoms with Crippen molar-refractivity contribution in [2.24, 2.45) is 0 Å². The number of benzene rings is 4. The van der Waals surface area contributed by atoms with Crippen molar-refractivity contribution in [2.75, 3.05) is 73.0 Å². The molecule has 5 aliphatic heterocycles. The fourth-order valence-corrected chi connectivity index (χ4v) is 11.9. The van der Waals surface area contributed by atoms with Crippen molar-refractivity contribution in [3.8, 4) is 23.1 Å². The third-order valence-electron chi connectivity index (χ3n) is 17.7. The van der Waals surface area contributed by atoms with Gasteiger partial charge in [0.15, 0.2) is 5.82 Å². The maximum atomic E-state index is 12.9. The van der Waals surface area contributed by atoms with Crippen molar-refractivity contribution < 1.29 is 47.3 Å². The van der Waals surface area contributed by atoms with E-state index in [4.69, 9.17) is 59.3 Å². The number of anilines is 6. The van der Waals surface area contributed by atoms with Crippen molar-refractivity contribution in [2.45, 2.75) is 157 Å². The Bertz CT molecular complexity index is 4060. The first-order valence-corrected chi connectivity index (χ1v) is 34.6. The summed E-state index contributed by atoms with van der Waals surface area (Å²) in [4.78, 5) is 61.3. The molecule has 0 aliphatic carbocycles. The highest BCUT2D eigenvalue weighted by atomic mass is 35.5. The van der Waals surface area contributed by atoms with Crippen molar-refractivity contribution in [1.82, 2.24) is 39.7 Å². The number of morpholine rings is 2. The fourth-order valence-electron chi connectivity index (χ4n) is 11.7. The number of carbonyl (C=O) groups is 2. The van der Waals surface area contributed by atoms with Gasteiger partial charge in [-0.3, -0.25) is 0 Å². The van der Waals surface area contributed by atoms with Crippen LogP contribution in [0.4, 0.5) is 44.2 Å². The molecule has 13 rings (SSSR count). The lowest BCUT2D eigenvalue weighted by Gasteiger charge is -2.38. The van der Waals surface area contributed by atoms with Gasteiger partial charge in [-0.25, -0.2) is 29.5 Å². The number of fused-ring (bicyclic) bond motifs is 2. The lowest BCUT2D eigenvalue weighted by molar-refractivity contribution is 0.00578. The highest BCUT2D eigenvalue weighted by Crippen LogP contribution is 2.38. The van der Waals surface area contributed by atoms with Crippen LogP contribution in [0.1, 0.15) is 117 Å². The molecule has 4 aromatic carbocycles. The maximum Gasteiger partial charge on any atom is 0.494 e. The number of amides is 2. The molecule has 0 radical (unpaired) electrons. The molecule has 0 spiro atoms. The number of nitrogens with zero attached hydrogens (tertiary/aromatic N) is 10. The van der Waals surface area contributed by atoms with Gasteiger partial charge in [0.25, 0.3) is 0 Å². The predicted molar refractivity (Wildman–Crippen MR) is 389 cm³/mol. The summed E-state index contributed by atoms with van der Waals surface area (Å²) in [6.45, 7) is 30.7. The number of aromatic nitrogens is 6. The van der Waals surface area contributed by atoms with Crippen LogP contribution in [-0.2, 0) is 67.4 Å². The van der Waals surface area contributed by atoms with Crippen molar-refractivity contribution in [1.29, 1.82) is 0 Å². The van der Waals surface area contributed by atoms with Crippen LogP contribution in [0.15, 0.2) is 146 Å². The minimum atomic E-state index is -0.565. The topological polar surface area (TPSA) is 222 Å². The number of hydrogen-bond acceptors (Lipinski definition) is 20. The van der Waals surface area contributed by atoms with E-state index in [0.29, 0.717) is 102 Å². The minimum absolute atomic E-state index is 0.181. The molecule has 0 unspecified atom stereocenters. The summed E-state index contributed by atoms with van der Waals surface area (Å²) in [5.74, 6) is 4.96. The largest absolute Gasteiger partial charge is 0.494 e. The Balaban J connectivity index is 0.000000160. The number of halogens is 1. The van der Waals surface area contributed by atoms with E-state index in [-0.39, 0.29) is 47.9 Å². The van der Waals surface area contributed by atoms with Gasteiger partial charge in [0.05, 0.1) is 74.2 Å². The van der Waals surface area contributed by atoms with Gasteiger partial charge >= 0.3 is 19.3 Å². The number of ether oxygens (including phenoxy) is 6. The molecule has 2 atom stereocenters. The summed E-state index contributed by atoms with van der Waals surface area (Å²) in [6.07, 6.45) is 0.700. The third kappa shape index (κ3) is 19.0. The first-order valence-electron chi connectivity index (χ1n) is 34.3. The molecule has 526 valence electrons. The highest BCUT2D eigenvalue weighted by molar-refractivity contribution is 6.62. The number of carbonyl (C=O) groups excluding carboxylic acids is 2. The molecule has 22 nitrogen and oxygen atoms in total. The number of rotatable bonds is 14. The smallest absolute Gasteiger partial charge is 0.473 e. The lowest BCUT2D eigenvalue weighted by Crippen LogP contribution is -2.46. The van der Waals surface area contributed by atoms with E-state index >= 15 is 0 Å². The zero-order valence-corrected chi connectivity index (χ0v) is 60.2. The van der Waals surface area contributed by atoms with Gasteiger partial charge in [-0.05, 0) is 173 Å². The summed E-state index contributed by atoms with van der Waals surface area (Å²) in [5, 5.41) is 6.89. The molecule has 2 amide bonds. The van der Waals surface area contributed by atoms with Crippen LogP contribution < -0.4 is 35.4 Å². The van der Waals surface area contributed by atoms with E-state index in [1.807, 2.05) is 187 Å². The molecular formula is C76H92BClN12O10. The average Bonchev–Trinajstić information content (AvgIpc) is 0.939. The Kier molecular flexibility index (Phi) is 22.8. The van der Waals surface area contributed by atoms with Gasteiger partial charge in [-0.15, -0.1) is 0 Å². The second-order valence-electron chi connectivity index (χ2n) is 28.4. The van der Waals surface area contributed by atoms with Gasteiger partial charge in [0.2, 0.25) is 17.0 Å². The average molecular weight is 1380 g/mol. The van der Waals surface area contributed by atoms with Crippen molar-refractivity contribution >= 4 is 71.0 Å². The standard InChI is InChI=1S/C35H40N6O4.C24H27BN2O3.C17H25ClN4O3/c1-24-22-43-20-19-41(24)33-28-17-18-40(34(42)45-35(2,3)4)21-29(28)37-32(39-33)26-13-15-27(16-14-26)36-30-11-8-12-31(38-30)44-23-25-9-6-5-7-10-25;1-23(2)24(3,4)30-25(29-23)19-13-15-20(16-14-19)26-21-11-8-12-22(27-21)28-17-18-9-6-5-7-10-18;1-11-10-24-8-7-22(11)14-12-5-6-21(16(23)25-17(2,3)4)9-13(12)19-15(18)20-14/h5-16,24H,17-23H2,1-4H3,(H,36,38);5-16H,17H2,1-4H3,(H,26,27);11H,5-10H2,1-4H3/t24-;;11-/m0.0/s1. The molecule has 3 fully saturated rings. The molecule has 8 aromatic rings. The summed E-state index contributed by atoms with van der Waals surface area (Å²) < 4.78 is 46.3. The van der Waals surface area contributed by atoms with Crippen LogP contribution >= 0.6 is 11.6 Å². The Labute approximate surface area is 592 Å². The SMILES string of the molecule is CC1(C)OB(c2ccc(Nc3cccc(OCc4ccccc4)n3)cc2)OC1(C)C.C[C@H]1COCCN1c1nc(-c2ccc(Nc3cccc(OCc4ccccc4)n3)cc2)nc2c1CCN(C(=O)OC(C)(C)C)C2.C[C@H]1COCCN1c1nc(Cl)nc2c1CCN(C(=O)OC(C)(C)C)C2. The molecular weight excluding hydrogens is 1290 g/mol. The zero-order chi connectivity index (χ0) is 70.8. The van der Waals surface area contributed by atoms with Crippen molar-refractivity contribution in [3.63, 3.8) is 0 Å². The van der Waals surface area contributed by atoms with Gasteiger partial charge in [0.1, 0.15) is 47.7 Å². The van der Waals surface area contributed by atoms with Crippen molar-refractivity contribution in [3.05, 3.63) is 185 Å². The summed E-state index contributed by atoms with van der Waals surface area (Å²) in [7, 11) is -0.364. The maximum absolute atomic E-state index is 12.9. The monoisotopic (exact) mass is 1380 g/mol. The Morgan fingerprint density at radius 1 is 0.540 bits per heavy atom. The number of hydrogen-bond donors (Lipinski definition) is 2.